The van der Waals surface area contributed by atoms with Crippen LogP contribution >= 0.6 is 0 Å². The number of carboxylic acid groups (broad SMARTS) is 1. The van der Waals surface area contributed by atoms with Gasteiger partial charge >= 0.3 is 0 Å². The number of hydrogen-bond donors (Lipinski definition) is 1. The van der Waals surface area contributed by atoms with Crippen molar-refractivity contribution < 1.29 is 9.90 Å². The molecule has 4 nitrogen and oxygen atoms in total. The highest BCUT2D eigenvalue weighted by atomic mass is 16.4. The number of carbonyl (C=O) groups is 1. The molecule has 0 bridgehead atoms. The topological polar surface area (TPSA) is 68.8 Å². The highest BCUT2D eigenvalue weighted by molar-refractivity contribution is 5.88. The Hall–Kier alpha value is -2.62. The van der Waals surface area contributed by atoms with Gasteiger partial charge in [-0.25, -0.2) is 0 Å². The van der Waals surface area contributed by atoms with E-state index >= 15 is 0 Å². The predicted molar refractivity (Wildman–Crippen MR) is 65.9 cm³/mol. The summed E-state index contributed by atoms with van der Waals surface area (Å²) >= 11 is 0. The SMILES string of the molecule is O=C([O-])c1cc(-c2ccc3ccccc3c2)n[nH]1. The lowest BCUT2D eigenvalue weighted by molar-refractivity contribution is -0.255. The number of aromatic nitrogens is 2. The molecule has 2 aromatic carbocycles. The molecule has 0 saturated heterocycles. The largest absolute Gasteiger partial charge is 0.543 e. The normalized spacial score (nSPS) is 10.7. The van der Waals surface area contributed by atoms with Crippen LogP contribution in [0.2, 0.25) is 0 Å². The van der Waals surface area contributed by atoms with Crippen molar-refractivity contribution in [3.05, 3.63) is 54.2 Å². The molecule has 4 heteroatoms. The van der Waals surface area contributed by atoms with Crippen molar-refractivity contribution in [2.24, 2.45) is 0 Å². The van der Waals surface area contributed by atoms with Gasteiger partial charge in [-0.1, -0.05) is 36.4 Å². The Labute approximate surface area is 103 Å². The zero-order valence-electron chi connectivity index (χ0n) is 9.38. The first-order chi connectivity index (χ1) is 8.74. The lowest BCUT2D eigenvalue weighted by Crippen LogP contribution is -2.22. The molecule has 0 aliphatic carbocycles. The van der Waals surface area contributed by atoms with Crippen LogP contribution in [-0.2, 0) is 0 Å². The Balaban J connectivity index is 2.10. The third-order valence-electron chi connectivity index (χ3n) is 2.84. The van der Waals surface area contributed by atoms with E-state index < -0.39 is 5.97 Å². The number of nitrogens with zero attached hydrogens (tertiary/aromatic N) is 1. The fraction of sp³-hybridized carbons (Fsp3) is 0. The maximum absolute atomic E-state index is 10.7. The zero-order valence-corrected chi connectivity index (χ0v) is 9.38. The highest BCUT2D eigenvalue weighted by Crippen LogP contribution is 2.23. The summed E-state index contributed by atoms with van der Waals surface area (Å²) in [6.45, 7) is 0. The molecule has 0 atom stereocenters. The molecule has 1 N–H and O–H groups in total. The third-order valence-corrected chi connectivity index (χ3v) is 2.84. The Bertz CT molecular complexity index is 731. The van der Waals surface area contributed by atoms with Gasteiger partial charge in [0.2, 0.25) is 0 Å². The molecule has 1 aromatic heterocycles. The van der Waals surface area contributed by atoms with Crippen LogP contribution in [0.25, 0.3) is 22.0 Å². The maximum Gasteiger partial charge on any atom is 0.0927 e. The first-order valence-corrected chi connectivity index (χ1v) is 5.50. The minimum Gasteiger partial charge on any atom is -0.543 e. The van der Waals surface area contributed by atoms with E-state index in [4.69, 9.17) is 0 Å². The number of carboxylic acids is 1. The van der Waals surface area contributed by atoms with E-state index in [1.807, 2.05) is 42.5 Å². The third kappa shape index (κ3) is 1.73. The summed E-state index contributed by atoms with van der Waals surface area (Å²) in [6.07, 6.45) is 0. The van der Waals surface area contributed by atoms with Crippen molar-refractivity contribution in [3.63, 3.8) is 0 Å². The monoisotopic (exact) mass is 237 g/mol. The quantitative estimate of drug-likeness (QED) is 0.735. The average molecular weight is 237 g/mol. The van der Waals surface area contributed by atoms with Gasteiger partial charge in [0.1, 0.15) is 0 Å². The molecule has 0 fully saturated rings. The van der Waals surface area contributed by atoms with E-state index in [9.17, 15) is 9.90 Å². The van der Waals surface area contributed by atoms with Crippen molar-refractivity contribution >= 4 is 16.7 Å². The van der Waals surface area contributed by atoms with E-state index in [0.717, 1.165) is 16.3 Å². The van der Waals surface area contributed by atoms with Crippen LogP contribution in [0.3, 0.4) is 0 Å². The number of aromatic carboxylic acids is 1. The minimum absolute atomic E-state index is 0.0156. The smallest absolute Gasteiger partial charge is 0.0927 e. The predicted octanol–water partition coefficient (Wildman–Crippen LogP) is 1.59. The molecule has 0 aliphatic rings. The van der Waals surface area contributed by atoms with Gasteiger partial charge in [-0.3, -0.25) is 5.10 Å². The van der Waals surface area contributed by atoms with E-state index in [2.05, 4.69) is 10.2 Å². The number of hydrogen-bond acceptors (Lipinski definition) is 3. The number of H-pyrrole nitrogens is 1. The summed E-state index contributed by atoms with van der Waals surface area (Å²) in [5, 5.41) is 19.3. The van der Waals surface area contributed by atoms with Gasteiger partial charge in [0.25, 0.3) is 0 Å². The number of carbonyl (C=O) groups excluding carboxylic acids is 1. The molecule has 0 amide bonds. The Morgan fingerprint density at radius 2 is 1.83 bits per heavy atom. The van der Waals surface area contributed by atoms with Crippen LogP contribution < -0.4 is 5.11 Å². The van der Waals surface area contributed by atoms with E-state index in [1.54, 1.807) is 0 Å². The highest BCUT2D eigenvalue weighted by Gasteiger charge is 2.05. The van der Waals surface area contributed by atoms with Crippen LogP contribution in [0.5, 0.6) is 0 Å². The van der Waals surface area contributed by atoms with Crippen LogP contribution in [0.4, 0.5) is 0 Å². The lowest BCUT2D eigenvalue weighted by atomic mass is 10.1. The van der Waals surface area contributed by atoms with Gasteiger partial charge in [-0.15, -0.1) is 0 Å². The average Bonchev–Trinajstić information content (AvgIpc) is 2.88. The molecule has 0 unspecified atom stereocenters. The van der Waals surface area contributed by atoms with Gasteiger partial charge in [0.15, 0.2) is 0 Å². The first-order valence-electron chi connectivity index (χ1n) is 5.50. The van der Waals surface area contributed by atoms with E-state index in [-0.39, 0.29) is 5.69 Å². The number of aromatic amines is 1. The van der Waals surface area contributed by atoms with Gasteiger partial charge in [-0.05, 0) is 22.9 Å². The van der Waals surface area contributed by atoms with Crippen molar-refractivity contribution in [1.29, 1.82) is 0 Å². The van der Waals surface area contributed by atoms with E-state index in [0.29, 0.717) is 5.69 Å². The summed E-state index contributed by atoms with van der Waals surface area (Å²) < 4.78 is 0. The maximum atomic E-state index is 10.7. The molecule has 1 heterocycles. The number of nitrogens with one attached hydrogen (secondary N) is 1. The van der Waals surface area contributed by atoms with Gasteiger partial charge in [0.05, 0.1) is 17.4 Å². The second kappa shape index (κ2) is 4.00. The van der Waals surface area contributed by atoms with Crippen LogP contribution in [0.15, 0.2) is 48.5 Å². The summed E-state index contributed by atoms with van der Waals surface area (Å²) in [6, 6.07) is 15.3. The Morgan fingerprint density at radius 1 is 1.06 bits per heavy atom. The number of rotatable bonds is 2. The molecule has 0 saturated carbocycles. The molecular weight excluding hydrogens is 228 g/mol. The molecular formula is C14H9N2O2-. The Kier molecular flexibility index (Phi) is 2.34. The molecule has 0 spiro atoms. The second-order valence-corrected chi connectivity index (χ2v) is 4.02. The van der Waals surface area contributed by atoms with Gasteiger partial charge < -0.3 is 9.90 Å². The molecule has 88 valence electrons. The molecule has 3 rings (SSSR count). The first kappa shape index (κ1) is 10.5. The van der Waals surface area contributed by atoms with Crippen molar-refractivity contribution in [2.45, 2.75) is 0 Å². The van der Waals surface area contributed by atoms with E-state index in [1.165, 1.54) is 6.07 Å². The standard InChI is InChI=1S/C14H10N2O2/c17-14(18)13-8-12(15-16-13)11-6-5-9-3-1-2-4-10(9)7-11/h1-8H,(H,15,16)(H,17,18)/p-1. The van der Waals surface area contributed by atoms with Crippen LogP contribution in [0.1, 0.15) is 10.5 Å². The Morgan fingerprint density at radius 3 is 2.56 bits per heavy atom. The van der Waals surface area contributed by atoms with Crippen molar-refractivity contribution in [1.82, 2.24) is 10.2 Å². The lowest BCUT2D eigenvalue weighted by Gasteiger charge is -2.00. The number of fused-ring (bicyclic) bond motifs is 1. The summed E-state index contributed by atoms with van der Waals surface area (Å²) in [7, 11) is 0. The summed E-state index contributed by atoms with van der Waals surface area (Å²) in [4.78, 5) is 10.7. The fourth-order valence-electron chi connectivity index (χ4n) is 1.92. The molecule has 0 radical (unpaired) electrons. The van der Waals surface area contributed by atoms with Crippen LogP contribution in [-0.4, -0.2) is 16.2 Å². The van der Waals surface area contributed by atoms with Crippen molar-refractivity contribution in [3.8, 4) is 11.3 Å². The summed E-state index contributed by atoms with van der Waals surface area (Å²) in [5.74, 6) is -1.26. The molecule has 3 aromatic rings. The fourth-order valence-corrected chi connectivity index (χ4v) is 1.92. The van der Waals surface area contributed by atoms with Gasteiger partial charge in [-0.2, -0.15) is 5.10 Å². The number of benzene rings is 2. The second-order valence-electron chi connectivity index (χ2n) is 4.02. The van der Waals surface area contributed by atoms with Gasteiger partial charge in [0, 0.05) is 5.56 Å². The minimum atomic E-state index is -1.26. The summed E-state index contributed by atoms with van der Waals surface area (Å²) in [5.41, 5.74) is 1.45. The molecule has 18 heavy (non-hydrogen) atoms. The van der Waals surface area contributed by atoms with Crippen molar-refractivity contribution in [2.75, 3.05) is 0 Å². The zero-order chi connectivity index (χ0) is 12.5. The van der Waals surface area contributed by atoms with Crippen LogP contribution in [0, 0.1) is 0 Å². The molecule has 0 aliphatic heterocycles.